The molecule has 0 atom stereocenters. The highest BCUT2D eigenvalue weighted by molar-refractivity contribution is 5.77. The third-order valence-electron chi connectivity index (χ3n) is 4.31. The number of benzene rings is 1. The molecule has 2 N–H and O–H groups in total. The lowest BCUT2D eigenvalue weighted by Crippen LogP contribution is -2.17. The Bertz CT molecular complexity index is 1130. The second-order valence-electron chi connectivity index (χ2n) is 6.02. The highest BCUT2D eigenvalue weighted by Gasteiger charge is 2.12. The van der Waals surface area contributed by atoms with E-state index in [9.17, 15) is 4.79 Å². The van der Waals surface area contributed by atoms with Crippen molar-refractivity contribution in [1.29, 1.82) is 0 Å². The van der Waals surface area contributed by atoms with E-state index in [0.717, 1.165) is 16.7 Å². The van der Waals surface area contributed by atoms with Gasteiger partial charge in [0.05, 0.1) is 32.0 Å². The first-order valence-electron chi connectivity index (χ1n) is 8.57. The van der Waals surface area contributed by atoms with E-state index in [1.807, 2.05) is 31.2 Å². The molecule has 0 aliphatic carbocycles. The van der Waals surface area contributed by atoms with Crippen LogP contribution >= 0.6 is 0 Å². The standard InChI is InChI=1S/C19H19N5O3/c1-3-27-17-6-12(4-5-16(17)26-2)11-24-18-15(23-19(24)25)7-13(8-20-18)14-9-21-22-10-14/h4-10H,3,11H2,1-2H3,(H,21,22)(H,23,25). The van der Waals surface area contributed by atoms with Crippen molar-refractivity contribution in [1.82, 2.24) is 24.7 Å². The molecular weight excluding hydrogens is 346 g/mol. The number of nitrogens with one attached hydrogen (secondary N) is 2. The number of ether oxygens (including phenoxy) is 2. The molecule has 3 aromatic heterocycles. The lowest BCUT2D eigenvalue weighted by Gasteiger charge is -2.11. The summed E-state index contributed by atoms with van der Waals surface area (Å²) in [5, 5.41) is 6.72. The summed E-state index contributed by atoms with van der Waals surface area (Å²) in [5.41, 5.74) is 3.78. The number of hydrogen-bond acceptors (Lipinski definition) is 5. The maximum Gasteiger partial charge on any atom is 0.327 e. The molecule has 1 aromatic carbocycles. The van der Waals surface area contributed by atoms with Crippen molar-refractivity contribution in [2.45, 2.75) is 13.5 Å². The number of aromatic nitrogens is 5. The van der Waals surface area contributed by atoms with Gasteiger partial charge in [0.2, 0.25) is 0 Å². The smallest absolute Gasteiger partial charge is 0.327 e. The number of fused-ring (bicyclic) bond motifs is 1. The van der Waals surface area contributed by atoms with Crippen molar-refractivity contribution in [3.63, 3.8) is 0 Å². The minimum absolute atomic E-state index is 0.212. The van der Waals surface area contributed by atoms with Crippen molar-refractivity contribution >= 4 is 11.2 Å². The Morgan fingerprint density at radius 2 is 2.04 bits per heavy atom. The average molecular weight is 365 g/mol. The summed E-state index contributed by atoms with van der Waals surface area (Å²) in [6, 6.07) is 7.52. The number of methoxy groups -OCH3 is 1. The Morgan fingerprint density at radius 1 is 1.15 bits per heavy atom. The van der Waals surface area contributed by atoms with Gasteiger partial charge in [-0.05, 0) is 30.7 Å². The van der Waals surface area contributed by atoms with Gasteiger partial charge < -0.3 is 14.5 Å². The molecule has 0 saturated carbocycles. The molecule has 4 rings (SSSR count). The minimum atomic E-state index is -0.212. The van der Waals surface area contributed by atoms with Crippen LogP contribution in [0, 0.1) is 0 Å². The highest BCUT2D eigenvalue weighted by atomic mass is 16.5. The van der Waals surface area contributed by atoms with Gasteiger partial charge in [0, 0.05) is 23.5 Å². The zero-order valence-electron chi connectivity index (χ0n) is 15.0. The van der Waals surface area contributed by atoms with Crippen molar-refractivity contribution in [3.8, 4) is 22.6 Å². The normalized spacial score (nSPS) is 11.0. The lowest BCUT2D eigenvalue weighted by molar-refractivity contribution is 0.310. The van der Waals surface area contributed by atoms with Crippen LogP contribution in [0.2, 0.25) is 0 Å². The Balaban J connectivity index is 1.71. The van der Waals surface area contributed by atoms with E-state index >= 15 is 0 Å². The van der Waals surface area contributed by atoms with E-state index in [-0.39, 0.29) is 5.69 Å². The topological polar surface area (TPSA) is 97.8 Å². The summed E-state index contributed by atoms with van der Waals surface area (Å²) < 4.78 is 12.5. The van der Waals surface area contributed by atoms with Gasteiger partial charge in [0.15, 0.2) is 17.1 Å². The molecule has 0 fully saturated rings. The van der Waals surface area contributed by atoms with Crippen LogP contribution in [-0.4, -0.2) is 38.4 Å². The lowest BCUT2D eigenvalue weighted by atomic mass is 10.1. The fourth-order valence-corrected chi connectivity index (χ4v) is 3.03. The summed E-state index contributed by atoms with van der Waals surface area (Å²) in [5.74, 6) is 1.32. The molecule has 4 aromatic rings. The summed E-state index contributed by atoms with van der Waals surface area (Å²) in [6.07, 6.45) is 5.23. The third-order valence-corrected chi connectivity index (χ3v) is 4.31. The summed E-state index contributed by atoms with van der Waals surface area (Å²) in [6.45, 7) is 2.82. The van der Waals surface area contributed by atoms with E-state index in [2.05, 4.69) is 20.2 Å². The predicted molar refractivity (Wildman–Crippen MR) is 101 cm³/mol. The largest absolute Gasteiger partial charge is 0.493 e. The number of rotatable bonds is 6. The number of nitrogens with zero attached hydrogens (tertiary/aromatic N) is 3. The van der Waals surface area contributed by atoms with E-state index in [1.165, 1.54) is 0 Å². The molecule has 8 nitrogen and oxygen atoms in total. The van der Waals surface area contributed by atoms with Crippen LogP contribution in [0.25, 0.3) is 22.3 Å². The van der Waals surface area contributed by atoms with Gasteiger partial charge in [-0.25, -0.2) is 9.78 Å². The Labute approximate surface area is 154 Å². The van der Waals surface area contributed by atoms with Gasteiger partial charge in [-0.15, -0.1) is 0 Å². The molecule has 3 heterocycles. The van der Waals surface area contributed by atoms with Crippen LogP contribution in [0.3, 0.4) is 0 Å². The molecule has 0 aliphatic heterocycles. The van der Waals surface area contributed by atoms with Crippen molar-refractivity contribution in [2.75, 3.05) is 13.7 Å². The fraction of sp³-hybridized carbons (Fsp3) is 0.211. The molecular formula is C19H19N5O3. The Morgan fingerprint density at radius 3 is 2.78 bits per heavy atom. The number of pyridine rings is 1. The highest BCUT2D eigenvalue weighted by Crippen LogP contribution is 2.28. The predicted octanol–water partition coefficient (Wildman–Crippen LogP) is 2.57. The third kappa shape index (κ3) is 3.17. The molecule has 27 heavy (non-hydrogen) atoms. The molecule has 8 heteroatoms. The first kappa shape index (κ1) is 16.9. The number of hydrogen-bond donors (Lipinski definition) is 2. The van der Waals surface area contributed by atoms with Crippen molar-refractivity contribution in [3.05, 3.63) is 58.9 Å². The number of imidazole rings is 1. The maximum absolute atomic E-state index is 12.5. The van der Waals surface area contributed by atoms with Crippen molar-refractivity contribution < 1.29 is 9.47 Å². The fourth-order valence-electron chi connectivity index (χ4n) is 3.03. The van der Waals surface area contributed by atoms with E-state index in [0.29, 0.717) is 35.8 Å². The molecule has 0 radical (unpaired) electrons. The molecule has 0 bridgehead atoms. The van der Waals surface area contributed by atoms with Gasteiger partial charge in [0.1, 0.15) is 0 Å². The van der Waals surface area contributed by atoms with Crippen LogP contribution in [-0.2, 0) is 6.54 Å². The summed E-state index contributed by atoms with van der Waals surface area (Å²) in [4.78, 5) is 19.8. The monoisotopic (exact) mass is 365 g/mol. The summed E-state index contributed by atoms with van der Waals surface area (Å²) in [7, 11) is 1.60. The van der Waals surface area contributed by atoms with Crippen LogP contribution < -0.4 is 15.2 Å². The van der Waals surface area contributed by atoms with E-state index in [4.69, 9.17) is 9.47 Å². The van der Waals surface area contributed by atoms with Crippen LogP contribution in [0.1, 0.15) is 12.5 Å². The molecule has 0 unspecified atom stereocenters. The van der Waals surface area contributed by atoms with E-state index < -0.39 is 0 Å². The molecule has 138 valence electrons. The number of H-pyrrole nitrogens is 2. The maximum atomic E-state index is 12.5. The second kappa shape index (κ2) is 6.99. The first-order chi connectivity index (χ1) is 13.2. The van der Waals surface area contributed by atoms with Gasteiger partial charge >= 0.3 is 5.69 Å². The van der Waals surface area contributed by atoms with Crippen LogP contribution in [0.5, 0.6) is 11.5 Å². The molecule has 0 amide bonds. The second-order valence-corrected chi connectivity index (χ2v) is 6.02. The van der Waals surface area contributed by atoms with Gasteiger partial charge in [-0.1, -0.05) is 6.07 Å². The number of aromatic amines is 2. The molecule has 0 spiro atoms. The summed E-state index contributed by atoms with van der Waals surface area (Å²) >= 11 is 0. The Hall–Kier alpha value is -3.55. The SMILES string of the molecule is CCOc1cc(Cn2c(=O)[nH]c3cc(-c4cn[nH]c4)cnc32)ccc1OC. The van der Waals surface area contributed by atoms with Crippen LogP contribution in [0.15, 0.2) is 47.7 Å². The molecule has 0 saturated heterocycles. The van der Waals surface area contributed by atoms with E-state index in [1.54, 1.807) is 30.3 Å². The molecule has 0 aliphatic rings. The minimum Gasteiger partial charge on any atom is -0.493 e. The van der Waals surface area contributed by atoms with Gasteiger partial charge in [-0.2, -0.15) is 5.10 Å². The first-order valence-corrected chi connectivity index (χ1v) is 8.57. The average Bonchev–Trinajstić information content (AvgIpc) is 3.31. The zero-order valence-corrected chi connectivity index (χ0v) is 15.0. The van der Waals surface area contributed by atoms with Gasteiger partial charge in [0.25, 0.3) is 0 Å². The van der Waals surface area contributed by atoms with Crippen molar-refractivity contribution in [2.24, 2.45) is 0 Å². The Kier molecular flexibility index (Phi) is 4.37. The van der Waals surface area contributed by atoms with Gasteiger partial charge in [-0.3, -0.25) is 9.67 Å². The van der Waals surface area contributed by atoms with Crippen LogP contribution in [0.4, 0.5) is 0 Å². The quantitative estimate of drug-likeness (QED) is 0.547. The zero-order chi connectivity index (χ0) is 18.8.